The van der Waals surface area contributed by atoms with Gasteiger partial charge in [0.15, 0.2) is 0 Å². The van der Waals surface area contributed by atoms with Gasteiger partial charge >= 0.3 is 6.18 Å². The summed E-state index contributed by atoms with van der Waals surface area (Å²) >= 11 is 6.08. The summed E-state index contributed by atoms with van der Waals surface area (Å²) in [4.78, 5) is 13.6. The van der Waals surface area contributed by atoms with Crippen LogP contribution in [0.3, 0.4) is 0 Å². The van der Waals surface area contributed by atoms with Crippen molar-refractivity contribution in [2.75, 3.05) is 11.9 Å². The summed E-state index contributed by atoms with van der Waals surface area (Å²) in [5.41, 5.74) is -3.11. The lowest BCUT2D eigenvalue weighted by Crippen LogP contribution is -2.41. The second-order valence-electron chi connectivity index (χ2n) is 9.27. The number of hydrogen-bond donors (Lipinski definition) is 2. The van der Waals surface area contributed by atoms with Gasteiger partial charge in [-0.25, -0.2) is 4.39 Å². The van der Waals surface area contributed by atoms with E-state index in [1.165, 1.54) is 18.2 Å². The Balaban J connectivity index is 1.76. The van der Waals surface area contributed by atoms with Crippen molar-refractivity contribution in [3.05, 3.63) is 99.8 Å². The summed E-state index contributed by atoms with van der Waals surface area (Å²) in [6, 6.07) is 17.0. The number of rotatable bonds is 6. The van der Waals surface area contributed by atoms with Crippen molar-refractivity contribution in [1.82, 2.24) is 0 Å². The van der Waals surface area contributed by atoms with Crippen molar-refractivity contribution >= 4 is 23.2 Å². The number of nitriles is 1. The van der Waals surface area contributed by atoms with Gasteiger partial charge in [-0.05, 0) is 73.4 Å². The number of halogens is 5. The van der Waals surface area contributed by atoms with Gasteiger partial charge in [-0.15, -0.1) is 0 Å². The molecule has 0 heterocycles. The van der Waals surface area contributed by atoms with E-state index in [1.54, 1.807) is 30.3 Å². The van der Waals surface area contributed by atoms with Crippen LogP contribution >= 0.6 is 11.6 Å². The number of carbonyl (C=O) groups is 1. The first-order valence-electron chi connectivity index (χ1n) is 11.6. The van der Waals surface area contributed by atoms with Gasteiger partial charge in [0, 0.05) is 16.7 Å². The number of aliphatic hydroxyl groups is 1. The number of anilines is 1. The zero-order chi connectivity index (χ0) is 27.6. The Labute approximate surface area is 221 Å². The van der Waals surface area contributed by atoms with E-state index >= 15 is 0 Å². The fourth-order valence-electron chi connectivity index (χ4n) is 4.37. The highest BCUT2D eigenvalue weighted by Crippen LogP contribution is 2.56. The molecular weight excluding hydrogens is 520 g/mol. The van der Waals surface area contributed by atoms with E-state index in [0.29, 0.717) is 24.5 Å². The van der Waals surface area contributed by atoms with Gasteiger partial charge in [-0.2, -0.15) is 18.4 Å². The summed E-state index contributed by atoms with van der Waals surface area (Å²) in [6.07, 6.45) is -4.26. The summed E-state index contributed by atoms with van der Waals surface area (Å²) in [5.74, 6) is 4.16. The van der Waals surface area contributed by atoms with Gasteiger partial charge in [0.05, 0.1) is 22.8 Å². The minimum atomic E-state index is -4.67. The van der Waals surface area contributed by atoms with E-state index in [9.17, 15) is 27.5 Å². The third-order valence-electron chi connectivity index (χ3n) is 6.63. The molecule has 1 aliphatic rings. The molecule has 0 saturated heterocycles. The average molecular weight is 541 g/mol. The summed E-state index contributed by atoms with van der Waals surface area (Å²) < 4.78 is 55.1. The van der Waals surface area contributed by atoms with Crippen molar-refractivity contribution in [2.24, 2.45) is 5.41 Å². The smallest absolute Gasteiger partial charge is 0.394 e. The lowest BCUT2D eigenvalue weighted by atomic mass is 9.74. The topological polar surface area (TPSA) is 73.1 Å². The average Bonchev–Trinajstić information content (AvgIpc) is 3.67. The highest BCUT2D eigenvalue weighted by atomic mass is 35.5. The quantitative estimate of drug-likeness (QED) is 0.278. The molecule has 4 rings (SSSR count). The summed E-state index contributed by atoms with van der Waals surface area (Å²) in [5, 5.41) is 22.4. The van der Waals surface area contributed by atoms with Crippen LogP contribution in [-0.4, -0.2) is 17.6 Å². The fourth-order valence-corrected chi connectivity index (χ4v) is 4.60. The molecule has 1 amide bonds. The van der Waals surface area contributed by atoms with Crippen molar-refractivity contribution in [2.45, 2.75) is 30.9 Å². The van der Waals surface area contributed by atoms with E-state index in [2.05, 4.69) is 17.2 Å². The molecule has 3 aromatic rings. The minimum absolute atomic E-state index is 0.0972. The van der Waals surface area contributed by atoms with Gasteiger partial charge in [0.25, 0.3) is 0 Å². The molecule has 0 radical (unpaired) electrons. The second-order valence-corrected chi connectivity index (χ2v) is 9.67. The summed E-state index contributed by atoms with van der Waals surface area (Å²) in [7, 11) is 0. The molecule has 0 spiro atoms. The van der Waals surface area contributed by atoms with E-state index in [1.807, 2.05) is 6.07 Å². The Hall–Kier alpha value is -3.85. The first kappa shape index (κ1) is 27.2. The molecule has 1 unspecified atom stereocenters. The van der Waals surface area contributed by atoms with Crippen LogP contribution in [0.4, 0.5) is 23.2 Å². The standard InChI is InChI=1S/C29H21ClF4N2O2/c30-24-15-22(8-6-20(24)16-35)36-26(38)28(18-37,11-10-19-4-2-1-3-5-19)17-27(12-13-27)23-14-21(29(32,33)34)7-9-25(23)31/h1-9,14-15,37H,12-13,17-18H2,(H,36,38). The van der Waals surface area contributed by atoms with Crippen molar-refractivity contribution < 1.29 is 27.5 Å². The van der Waals surface area contributed by atoms with Crippen LogP contribution in [0, 0.1) is 34.4 Å². The van der Waals surface area contributed by atoms with Crippen LogP contribution in [0.1, 0.15) is 41.5 Å². The zero-order valence-corrected chi connectivity index (χ0v) is 20.6. The number of benzene rings is 3. The number of amides is 1. The first-order chi connectivity index (χ1) is 18.0. The molecule has 1 fully saturated rings. The fraction of sp³-hybridized carbons (Fsp3) is 0.241. The molecule has 3 aromatic carbocycles. The number of nitrogens with one attached hydrogen (secondary N) is 1. The SMILES string of the molecule is N#Cc1ccc(NC(=O)C(C#Cc2ccccc2)(CO)CC2(c3cc(C(F)(F)F)ccc3F)CC2)cc1Cl. The Kier molecular flexibility index (Phi) is 7.51. The Bertz CT molecular complexity index is 1470. The van der Waals surface area contributed by atoms with Gasteiger partial charge in [0.1, 0.15) is 17.3 Å². The molecule has 0 aliphatic heterocycles. The second kappa shape index (κ2) is 10.5. The lowest BCUT2D eigenvalue weighted by Gasteiger charge is -2.30. The Morgan fingerprint density at radius 1 is 1.08 bits per heavy atom. The van der Waals surface area contributed by atoms with Crippen molar-refractivity contribution in [3.63, 3.8) is 0 Å². The third-order valence-corrected chi connectivity index (χ3v) is 6.94. The molecular formula is C29H21ClF4N2O2. The molecule has 38 heavy (non-hydrogen) atoms. The van der Waals surface area contributed by atoms with Crippen LogP contribution in [0.15, 0.2) is 66.7 Å². The number of nitrogens with zero attached hydrogens (tertiary/aromatic N) is 1. The maximum absolute atomic E-state index is 14.9. The molecule has 2 N–H and O–H groups in total. The number of hydrogen-bond acceptors (Lipinski definition) is 3. The normalized spacial score (nSPS) is 15.4. The maximum atomic E-state index is 14.9. The number of carbonyl (C=O) groups excluding carboxylic acids is 1. The first-order valence-corrected chi connectivity index (χ1v) is 12.0. The van der Waals surface area contributed by atoms with E-state index in [4.69, 9.17) is 16.9 Å². The molecule has 4 nitrogen and oxygen atoms in total. The van der Waals surface area contributed by atoms with Crippen LogP contribution in [0.5, 0.6) is 0 Å². The van der Waals surface area contributed by atoms with E-state index in [-0.39, 0.29) is 28.3 Å². The number of aliphatic hydroxyl groups excluding tert-OH is 1. The predicted octanol–water partition coefficient (Wildman–Crippen LogP) is 6.46. The van der Waals surface area contributed by atoms with Crippen LogP contribution < -0.4 is 5.32 Å². The van der Waals surface area contributed by atoms with Gasteiger partial charge in [-0.3, -0.25) is 4.79 Å². The molecule has 194 valence electrons. The van der Waals surface area contributed by atoms with Gasteiger partial charge in [-0.1, -0.05) is 41.6 Å². The maximum Gasteiger partial charge on any atom is 0.416 e. The van der Waals surface area contributed by atoms with E-state index in [0.717, 1.165) is 12.1 Å². The van der Waals surface area contributed by atoms with Gasteiger partial charge in [0.2, 0.25) is 5.91 Å². The molecule has 0 aromatic heterocycles. The van der Waals surface area contributed by atoms with Crippen molar-refractivity contribution in [3.8, 4) is 17.9 Å². The third kappa shape index (κ3) is 5.67. The van der Waals surface area contributed by atoms with Crippen LogP contribution in [-0.2, 0) is 16.4 Å². The van der Waals surface area contributed by atoms with Crippen molar-refractivity contribution in [1.29, 1.82) is 5.26 Å². The largest absolute Gasteiger partial charge is 0.416 e. The molecule has 1 atom stereocenters. The van der Waals surface area contributed by atoms with Crippen LogP contribution in [0.25, 0.3) is 0 Å². The molecule has 1 saturated carbocycles. The Morgan fingerprint density at radius 2 is 1.79 bits per heavy atom. The summed E-state index contributed by atoms with van der Waals surface area (Å²) in [6.45, 7) is -0.773. The highest BCUT2D eigenvalue weighted by Gasteiger charge is 2.54. The van der Waals surface area contributed by atoms with E-state index < -0.39 is 40.9 Å². The number of alkyl halides is 3. The molecule has 0 bridgehead atoms. The predicted molar refractivity (Wildman–Crippen MR) is 135 cm³/mol. The highest BCUT2D eigenvalue weighted by molar-refractivity contribution is 6.32. The lowest BCUT2D eigenvalue weighted by molar-refractivity contribution is -0.137. The molecule has 1 aliphatic carbocycles. The molecule has 9 heteroatoms. The zero-order valence-electron chi connectivity index (χ0n) is 19.9. The Morgan fingerprint density at radius 3 is 2.37 bits per heavy atom. The van der Waals surface area contributed by atoms with Gasteiger partial charge < -0.3 is 10.4 Å². The monoisotopic (exact) mass is 540 g/mol. The minimum Gasteiger partial charge on any atom is -0.394 e. The van der Waals surface area contributed by atoms with Crippen LogP contribution in [0.2, 0.25) is 5.02 Å².